The van der Waals surface area contributed by atoms with Crippen molar-refractivity contribution in [1.82, 2.24) is 0 Å². The molecule has 2 rings (SSSR count). The molecule has 30 heavy (non-hydrogen) atoms. The van der Waals surface area contributed by atoms with E-state index >= 15 is 0 Å². The van der Waals surface area contributed by atoms with Gasteiger partial charge in [0.1, 0.15) is 5.92 Å². The summed E-state index contributed by atoms with van der Waals surface area (Å²) < 4.78 is 10.4. The van der Waals surface area contributed by atoms with Gasteiger partial charge in [0, 0.05) is 31.1 Å². The van der Waals surface area contributed by atoms with E-state index < -0.39 is 41.1 Å². The van der Waals surface area contributed by atoms with E-state index in [1.807, 2.05) is 24.3 Å². The zero-order chi connectivity index (χ0) is 22.5. The average Bonchev–Trinajstić information content (AvgIpc) is 2.68. The van der Waals surface area contributed by atoms with Crippen molar-refractivity contribution in [3.8, 4) is 0 Å². The molecule has 1 N–H and O–H groups in total. The SMILES string of the molecule is CCOC(=O)[C@H]1C(=O)C[C@@](C)(O)[C@H](C(=O)OCC)[C@H]1c1ccc(N(CC)CC)cc1. The van der Waals surface area contributed by atoms with Crippen LogP contribution in [-0.4, -0.2) is 54.7 Å². The van der Waals surface area contributed by atoms with Gasteiger partial charge in [0.25, 0.3) is 0 Å². The third-order valence-electron chi connectivity index (χ3n) is 5.75. The Hall–Kier alpha value is -2.41. The van der Waals surface area contributed by atoms with Gasteiger partial charge in [-0.2, -0.15) is 0 Å². The van der Waals surface area contributed by atoms with E-state index in [4.69, 9.17) is 9.47 Å². The van der Waals surface area contributed by atoms with Crippen LogP contribution in [0.5, 0.6) is 0 Å². The molecule has 0 heterocycles. The van der Waals surface area contributed by atoms with Gasteiger partial charge in [-0.15, -0.1) is 0 Å². The van der Waals surface area contributed by atoms with Gasteiger partial charge in [-0.05, 0) is 52.3 Å². The second-order valence-corrected chi connectivity index (χ2v) is 7.75. The van der Waals surface area contributed by atoms with Crippen molar-refractivity contribution in [1.29, 1.82) is 0 Å². The Kier molecular flexibility index (Phi) is 8.01. The Labute approximate surface area is 178 Å². The number of nitrogens with zero attached hydrogens (tertiary/aromatic N) is 1. The molecule has 1 saturated carbocycles. The van der Waals surface area contributed by atoms with Crippen molar-refractivity contribution < 1.29 is 29.0 Å². The number of esters is 2. The Morgan fingerprint density at radius 2 is 1.57 bits per heavy atom. The number of hydrogen-bond acceptors (Lipinski definition) is 7. The van der Waals surface area contributed by atoms with Crippen LogP contribution < -0.4 is 4.90 Å². The van der Waals surface area contributed by atoms with Crippen LogP contribution in [0.4, 0.5) is 5.69 Å². The fourth-order valence-electron chi connectivity index (χ4n) is 4.38. The molecule has 1 fully saturated rings. The molecule has 1 aliphatic rings. The lowest BCUT2D eigenvalue weighted by Gasteiger charge is -2.43. The predicted octanol–water partition coefficient (Wildman–Crippen LogP) is 2.70. The molecule has 0 aliphatic heterocycles. The molecule has 0 amide bonds. The molecule has 7 heteroatoms. The summed E-state index contributed by atoms with van der Waals surface area (Å²) in [6, 6.07) is 7.43. The molecule has 1 aromatic rings. The molecule has 0 spiro atoms. The van der Waals surface area contributed by atoms with Crippen LogP contribution >= 0.6 is 0 Å². The standard InChI is InChI=1S/C23H33NO6/c1-6-24(7-2)16-12-10-15(11-13-16)18-19(21(26)29-8-3)17(25)14-23(5,28)20(18)22(27)30-9-4/h10-13,18-20,28H,6-9,14H2,1-5H3/t18-,19-,20-,23+/m0/s1. The highest BCUT2D eigenvalue weighted by Gasteiger charge is 2.57. The molecule has 0 aromatic heterocycles. The van der Waals surface area contributed by atoms with Gasteiger partial charge in [-0.1, -0.05) is 12.1 Å². The zero-order valence-electron chi connectivity index (χ0n) is 18.5. The number of anilines is 1. The summed E-state index contributed by atoms with van der Waals surface area (Å²) in [6.45, 7) is 10.8. The van der Waals surface area contributed by atoms with Crippen LogP contribution in [0, 0.1) is 11.8 Å². The van der Waals surface area contributed by atoms with E-state index in [1.165, 1.54) is 6.92 Å². The average molecular weight is 420 g/mol. The number of benzene rings is 1. The van der Waals surface area contributed by atoms with Crippen LogP contribution in [0.15, 0.2) is 24.3 Å². The minimum atomic E-state index is -1.63. The number of rotatable bonds is 8. The van der Waals surface area contributed by atoms with Crippen LogP contribution in [0.3, 0.4) is 0 Å². The van der Waals surface area contributed by atoms with Crippen molar-refractivity contribution in [3.63, 3.8) is 0 Å². The van der Waals surface area contributed by atoms with Gasteiger partial charge in [-0.3, -0.25) is 14.4 Å². The minimum Gasteiger partial charge on any atom is -0.466 e. The smallest absolute Gasteiger partial charge is 0.317 e. The molecule has 0 saturated heterocycles. The van der Waals surface area contributed by atoms with E-state index in [9.17, 15) is 19.5 Å². The molecular weight excluding hydrogens is 386 g/mol. The van der Waals surface area contributed by atoms with E-state index in [0.29, 0.717) is 5.56 Å². The molecule has 1 aromatic carbocycles. The van der Waals surface area contributed by atoms with Gasteiger partial charge in [0.15, 0.2) is 5.78 Å². The third-order valence-corrected chi connectivity index (χ3v) is 5.75. The maximum absolute atomic E-state index is 12.9. The largest absolute Gasteiger partial charge is 0.466 e. The highest BCUT2D eigenvalue weighted by atomic mass is 16.5. The Morgan fingerprint density at radius 1 is 1.03 bits per heavy atom. The molecule has 0 unspecified atom stereocenters. The number of carbonyl (C=O) groups is 3. The molecule has 0 bridgehead atoms. The lowest BCUT2D eigenvalue weighted by atomic mass is 9.61. The van der Waals surface area contributed by atoms with Crippen LogP contribution in [0.1, 0.15) is 52.5 Å². The number of ether oxygens (including phenoxy) is 2. The number of carbonyl (C=O) groups excluding carboxylic acids is 3. The van der Waals surface area contributed by atoms with E-state index in [0.717, 1.165) is 18.8 Å². The summed E-state index contributed by atoms with van der Waals surface area (Å²) >= 11 is 0. The van der Waals surface area contributed by atoms with Gasteiger partial charge in [0.2, 0.25) is 0 Å². The van der Waals surface area contributed by atoms with Crippen molar-refractivity contribution in [3.05, 3.63) is 29.8 Å². The van der Waals surface area contributed by atoms with E-state index in [-0.39, 0.29) is 19.6 Å². The summed E-state index contributed by atoms with van der Waals surface area (Å²) in [4.78, 5) is 40.6. The Balaban J connectivity index is 2.57. The van der Waals surface area contributed by atoms with Gasteiger partial charge in [-0.25, -0.2) is 0 Å². The third kappa shape index (κ3) is 4.83. The maximum Gasteiger partial charge on any atom is 0.317 e. The number of hydrogen-bond donors (Lipinski definition) is 1. The first-order valence-electron chi connectivity index (χ1n) is 10.6. The lowest BCUT2D eigenvalue weighted by Crippen LogP contribution is -2.55. The van der Waals surface area contributed by atoms with Crippen LogP contribution in [0.25, 0.3) is 0 Å². The molecule has 7 nitrogen and oxygen atoms in total. The highest BCUT2D eigenvalue weighted by molar-refractivity contribution is 6.02. The molecular formula is C23H33NO6. The fourth-order valence-corrected chi connectivity index (χ4v) is 4.38. The second kappa shape index (κ2) is 10.1. The van der Waals surface area contributed by atoms with E-state index in [2.05, 4.69) is 18.7 Å². The monoisotopic (exact) mass is 419 g/mol. The zero-order valence-corrected chi connectivity index (χ0v) is 18.5. The molecule has 4 atom stereocenters. The predicted molar refractivity (Wildman–Crippen MR) is 113 cm³/mol. The first-order chi connectivity index (χ1) is 14.2. The van der Waals surface area contributed by atoms with Crippen LogP contribution in [-0.2, 0) is 23.9 Å². The minimum absolute atomic E-state index is 0.122. The fraction of sp³-hybridized carbons (Fsp3) is 0.609. The number of Topliss-reactive ketones (excluding diaryl/α,β-unsaturated/α-hetero) is 1. The number of ketones is 1. The van der Waals surface area contributed by atoms with Gasteiger partial charge in [0.05, 0.1) is 24.7 Å². The topological polar surface area (TPSA) is 93.1 Å². The molecule has 0 radical (unpaired) electrons. The summed E-state index contributed by atoms with van der Waals surface area (Å²) in [5.74, 6) is -4.84. The first kappa shape index (κ1) is 23.9. The van der Waals surface area contributed by atoms with Gasteiger partial charge < -0.3 is 19.5 Å². The van der Waals surface area contributed by atoms with Crippen molar-refractivity contribution in [2.24, 2.45) is 11.8 Å². The quantitative estimate of drug-likeness (QED) is 0.511. The van der Waals surface area contributed by atoms with Gasteiger partial charge >= 0.3 is 11.9 Å². The summed E-state index contributed by atoms with van der Waals surface area (Å²) in [5.41, 5.74) is -0.0116. The van der Waals surface area contributed by atoms with E-state index in [1.54, 1.807) is 13.8 Å². The van der Waals surface area contributed by atoms with Crippen LogP contribution in [0.2, 0.25) is 0 Å². The summed E-state index contributed by atoms with van der Waals surface area (Å²) in [6.07, 6.45) is -0.312. The Bertz CT molecular complexity index is 753. The first-order valence-corrected chi connectivity index (χ1v) is 10.6. The maximum atomic E-state index is 12.9. The highest BCUT2D eigenvalue weighted by Crippen LogP contribution is 2.47. The lowest BCUT2D eigenvalue weighted by molar-refractivity contribution is -0.172. The molecule has 166 valence electrons. The summed E-state index contributed by atoms with van der Waals surface area (Å²) in [5, 5.41) is 11.0. The second-order valence-electron chi connectivity index (χ2n) is 7.75. The molecule has 1 aliphatic carbocycles. The number of aliphatic hydroxyl groups is 1. The summed E-state index contributed by atoms with van der Waals surface area (Å²) in [7, 11) is 0. The Morgan fingerprint density at radius 3 is 2.07 bits per heavy atom. The van der Waals surface area contributed by atoms with Crippen molar-refractivity contribution in [2.45, 2.75) is 52.6 Å². The van der Waals surface area contributed by atoms with Crippen molar-refractivity contribution >= 4 is 23.4 Å². The van der Waals surface area contributed by atoms with Crippen molar-refractivity contribution in [2.75, 3.05) is 31.2 Å². The normalized spacial score (nSPS) is 26.2.